The van der Waals surface area contributed by atoms with Crippen LogP contribution in [-0.2, 0) is 11.3 Å². The molecule has 31 heavy (non-hydrogen) atoms. The highest BCUT2D eigenvalue weighted by atomic mass is 16.5. The van der Waals surface area contributed by atoms with Crippen LogP contribution in [0.3, 0.4) is 0 Å². The Kier molecular flexibility index (Phi) is 5.36. The van der Waals surface area contributed by atoms with Crippen molar-refractivity contribution in [3.05, 3.63) is 60.7 Å². The van der Waals surface area contributed by atoms with Crippen LogP contribution in [0.25, 0.3) is 33.4 Å². The first-order chi connectivity index (χ1) is 15.2. The molecule has 5 rings (SSSR count). The van der Waals surface area contributed by atoms with E-state index in [9.17, 15) is 0 Å². The largest absolute Gasteiger partial charge is 0.382 e. The number of anilines is 1. The number of hydrogen-bond donors (Lipinski definition) is 1. The average Bonchev–Trinajstić information content (AvgIpc) is 3.27. The number of ether oxygens (including phenoxy) is 1. The molecule has 7 heteroatoms. The van der Waals surface area contributed by atoms with E-state index in [0.717, 1.165) is 67.3 Å². The summed E-state index contributed by atoms with van der Waals surface area (Å²) in [6.07, 6.45) is 5.74. The van der Waals surface area contributed by atoms with Gasteiger partial charge in [0.15, 0.2) is 0 Å². The van der Waals surface area contributed by atoms with Crippen LogP contribution in [0.2, 0.25) is 0 Å². The van der Waals surface area contributed by atoms with Crippen molar-refractivity contribution < 1.29 is 4.74 Å². The van der Waals surface area contributed by atoms with Crippen LogP contribution in [0.4, 0.5) is 5.82 Å². The molecule has 3 aromatic heterocycles. The normalized spacial score (nSPS) is 14.9. The van der Waals surface area contributed by atoms with Crippen LogP contribution < -0.4 is 5.73 Å². The lowest BCUT2D eigenvalue weighted by atomic mass is 10.0. The molecule has 7 nitrogen and oxygen atoms in total. The number of nitrogen functional groups attached to an aromatic ring is 1. The maximum absolute atomic E-state index is 6.20. The third-order valence-electron chi connectivity index (χ3n) is 5.76. The number of aromatic nitrogens is 4. The number of hydrogen-bond acceptors (Lipinski definition) is 6. The molecule has 1 fully saturated rings. The first kappa shape index (κ1) is 19.7. The molecule has 1 aromatic carbocycles. The van der Waals surface area contributed by atoms with Gasteiger partial charge in [-0.15, -0.1) is 0 Å². The van der Waals surface area contributed by atoms with Crippen molar-refractivity contribution in [3.63, 3.8) is 0 Å². The fourth-order valence-electron chi connectivity index (χ4n) is 4.01. The zero-order chi connectivity index (χ0) is 21.2. The van der Waals surface area contributed by atoms with E-state index < -0.39 is 0 Å². The molecule has 0 aliphatic carbocycles. The van der Waals surface area contributed by atoms with Crippen molar-refractivity contribution in [3.8, 4) is 22.5 Å². The maximum atomic E-state index is 6.20. The molecule has 158 valence electrons. The molecule has 0 unspecified atom stereocenters. The molecule has 1 aliphatic rings. The predicted molar refractivity (Wildman–Crippen MR) is 123 cm³/mol. The van der Waals surface area contributed by atoms with Crippen LogP contribution in [-0.4, -0.2) is 57.3 Å². The molecule has 0 saturated carbocycles. The third-order valence-corrected chi connectivity index (χ3v) is 5.76. The summed E-state index contributed by atoms with van der Waals surface area (Å²) in [6, 6.07) is 12.4. The third kappa shape index (κ3) is 4.15. The summed E-state index contributed by atoms with van der Waals surface area (Å²) in [5.74, 6) is 0.431. The second kappa shape index (κ2) is 8.45. The summed E-state index contributed by atoms with van der Waals surface area (Å²) in [4.78, 5) is 16.3. The Morgan fingerprint density at radius 2 is 1.90 bits per heavy atom. The minimum Gasteiger partial charge on any atom is -0.382 e. The van der Waals surface area contributed by atoms with Crippen molar-refractivity contribution in [2.75, 3.05) is 38.6 Å². The monoisotopic (exact) mass is 414 g/mol. The molecule has 1 aliphatic heterocycles. The summed E-state index contributed by atoms with van der Waals surface area (Å²) in [7, 11) is 0. The molecule has 4 heterocycles. The Bertz CT molecular complexity index is 1210. The highest BCUT2D eigenvalue weighted by Crippen LogP contribution is 2.31. The number of pyridine rings is 2. The van der Waals surface area contributed by atoms with Gasteiger partial charge in [-0.3, -0.25) is 4.90 Å². The highest BCUT2D eigenvalue weighted by molar-refractivity contribution is 5.99. The van der Waals surface area contributed by atoms with Gasteiger partial charge in [0.25, 0.3) is 0 Å². The number of nitrogens with two attached hydrogens (primary N) is 1. The fourth-order valence-corrected chi connectivity index (χ4v) is 4.01. The Balaban J connectivity index is 1.44. The van der Waals surface area contributed by atoms with Gasteiger partial charge in [0.2, 0.25) is 0 Å². The van der Waals surface area contributed by atoms with Crippen molar-refractivity contribution in [1.29, 1.82) is 0 Å². The maximum Gasteiger partial charge on any atom is 0.149 e. The molecule has 0 radical (unpaired) electrons. The average molecular weight is 415 g/mol. The number of rotatable bonds is 5. The van der Waals surface area contributed by atoms with Crippen molar-refractivity contribution >= 4 is 16.7 Å². The first-order valence-electron chi connectivity index (χ1n) is 10.6. The molecular formula is C24H26N6O. The quantitative estimate of drug-likeness (QED) is 0.539. The smallest absolute Gasteiger partial charge is 0.149 e. The topological polar surface area (TPSA) is 82.1 Å². The number of aryl methyl sites for hydroxylation is 1. The lowest BCUT2D eigenvalue weighted by Crippen LogP contribution is -2.38. The van der Waals surface area contributed by atoms with E-state index in [1.807, 2.05) is 18.5 Å². The Morgan fingerprint density at radius 3 is 2.74 bits per heavy atom. The predicted octanol–water partition coefficient (Wildman–Crippen LogP) is 3.38. The summed E-state index contributed by atoms with van der Waals surface area (Å²) in [6.45, 7) is 7.57. The van der Waals surface area contributed by atoms with Gasteiger partial charge in [-0.05, 0) is 25.1 Å². The molecule has 4 aromatic rings. The van der Waals surface area contributed by atoms with Gasteiger partial charge in [0.05, 0.1) is 30.9 Å². The number of morpholine rings is 1. The van der Waals surface area contributed by atoms with E-state index in [2.05, 4.69) is 56.8 Å². The summed E-state index contributed by atoms with van der Waals surface area (Å²) >= 11 is 0. The highest BCUT2D eigenvalue weighted by Gasteiger charge is 2.14. The Hall–Kier alpha value is -3.29. The Labute approximate surface area is 181 Å². The van der Waals surface area contributed by atoms with E-state index >= 15 is 0 Å². The summed E-state index contributed by atoms with van der Waals surface area (Å²) in [5, 5.41) is 0.960. The Morgan fingerprint density at radius 1 is 1.03 bits per heavy atom. The minimum absolute atomic E-state index is 0.431. The molecule has 1 saturated heterocycles. The van der Waals surface area contributed by atoms with Crippen LogP contribution in [0, 0.1) is 6.92 Å². The molecular weight excluding hydrogens is 388 g/mol. The zero-order valence-electron chi connectivity index (χ0n) is 17.7. The van der Waals surface area contributed by atoms with Crippen LogP contribution >= 0.6 is 0 Å². The van der Waals surface area contributed by atoms with E-state index in [0.29, 0.717) is 11.3 Å². The van der Waals surface area contributed by atoms with E-state index in [1.165, 1.54) is 5.56 Å². The molecule has 2 N–H and O–H groups in total. The van der Waals surface area contributed by atoms with Crippen molar-refractivity contribution in [1.82, 2.24) is 24.4 Å². The number of fused-ring (bicyclic) bond motifs is 1. The molecule has 0 amide bonds. The molecule has 0 atom stereocenters. The van der Waals surface area contributed by atoms with Crippen LogP contribution in [0.15, 0.2) is 55.1 Å². The second-order valence-electron chi connectivity index (χ2n) is 7.97. The van der Waals surface area contributed by atoms with Crippen molar-refractivity contribution in [2.45, 2.75) is 13.5 Å². The zero-order valence-corrected chi connectivity index (χ0v) is 17.7. The number of imidazole rings is 1. The standard InChI is InChI=1S/C24H26N6O/c1-17-3-2-4-18(13-17)21-6-5-19-20(14-26-24(25)23(19)28-21)22-15-30(16-27-22)8-7-29-9-11-31-12-10-29/h2-6,13-16H,7-12H2,1H3,(H2,25,26). The van der Waals surface area contributed by atoms with Gasteiger partial charge < -0.3 is 15.0 Å². The number of benzene rings is 1. The fraction of sp³-hybridized carbons (Fsp3) is 0.292. The van der Waals surface area contributed by atoms with Crippen LogP contribution in [0.1, 0.15) is 5.56 Å². The van der Waals surface area contributed by atoms with Gasteiger partial charge >= 0.3 is 0 Å². The van der Waals surface area contributed by atoms with Crippen LogP contribution in [0.5, 0.6) is 0 Å². The SMILES string of the molecule is Cc1cccc(-c2ccc3c(-c4cn(CCN5CCOCC5)cn4)cnc(N)c3n2)c1. The second-order valence-corrected chi connectivity index (χ2v) is 7.97. The van der Waals surface area contributed by atoms with E-state index in [-0.39, 0.29) is 0 Å². The van der Waals surface area contributed by atoms with Gasteiger partial charge in [-0.25, -0.2) is 15.0 Å². The van der Waals surface area contributed by atoms with Gasteiger partial charge in [0, 0.05) is 55.1 Å². The van der Waals surface area contributed by atoms with E-state index in [1.54, 1.807) is 6.20 Å². The van der Waals surface area contributed by atoms with E-state index in [4.69, 9.17) is 15.5 Å². The summed E-state index contributed by atoms with van der Waals surface area (Å²) in [5.41, 5.74) is 11.9. The van der Waals surface area contributed by atoms with Gasteiger partial charge in [-0.1, -0.05) is 23.8 Å². The minimum atomic E-state index is 0.431. The number of nitrogens with zero attached hydrogens (tertiary/aromatic N) is 5. The molecule has 0 spiro atoms. The molecule has 0 bridgehead atoms. The van der Waals surface area contributed by atoms with Gasteiger partial charge in [-0.2, -0.15) is 0 Å². The lowest BCUT2D eigenvalue weighted by molar-refractivity contribution is 0.0364. The first-order valence-corrected chi connectivity index (χ1v) is 10.6. The van der Waals surface area contributed by atoms with Crippen molar-refractivity contribution in [2.24, 2.45) is 0 Å². The van der Waals surface area contributed by atoms with Gasteiger partial charge in [0.1, 0.15) is 11.3 Å². The lowest BCUT2D eigenvalue weighted by Gasteiger charge is -2.26. The summed E-state index contributed by atoms with van der Waals surface area (Å²) < 4.78 is 7.55.